The Morgan fingerprint density at radius 1 is 0.233 bits per heavy atom. The minimum atomic E-state index is 1.10. The van der Waals surface area contributed by atoms with Gasteiger partial charge >= 0.3 is 0 Å². The Hall–Kier alpha value is -7.52. The largest absolute Gasteiger partial charge is 0.311 e. The van der Waals surface area contributed by atoms with E-state index in [9.17, 15) is 0 Å². The molecule has 0 amide bonds. The molecule has 1 aromatic heterocycles. The van der Waals surface area contributed by atoms with Gasteiger partial charge < -0.3 is 4.90 Å². The third kappa shape index (κ3) is 6.83. The van der Waals surface area contributed by atoms with E-state index in [1.54, 1.807) is 0 Å². The van der Waals surface area contributed by atoms with Crippen molar-refractivity contribution < 1.29 is 0 Å². The second-order valence-corrected chi connectivity index (χ2v) is 16.5. The SMILES string of the molecule is c1ccc(-c2cccc(-c3ccc(N(c4ccc(-c5cccc(-c6ccc7ccccc7c6)c5)cc4)c4ccc(-c5ccc6c(c5)sc5ccccc56)cc4)cc3)c2)cc1. The molecule has 0 saturated carbocycles. The molecule has 11 aromatic rings. The summed E-state index contributed by atoms with van der Waals surface area (Å²) in [4.78, 5) is 2.36. The van der Waals surface area contributed by atoms with Crippen LogP contribution in [-0.2, 0) is 0 Å². The molecule has 10 aromatic carbocycles. The van der Waals surface area contributed by atoms with Crippen molar-refractivity contribution in [2.45, 2.75) is 0 Å². The van der Waals surface area contributed by atoms with Gasteiger partial charge in [-0.25, -0.2) is 0 Å². The fourth-order valence-corrected chi connectivity index (χ4v) is 9.66. The van der Waals surface area contributed by atoms with Crippen molar-refractivity contribution in [1.29, 1.82) is 0 Å². The topological polar surface area (TPSA) is 3.24 Å². The number of nitrogens with zero attached hydrogens (tertiary/aromatic N) is 1. The van der Waals surface area contributed by atoms with Gasteiger partial charge in [0.25, 0.3) is 0 Å². The van der Waals surface area contributed by atoms with Gasteiger partial charge in [-0.15, -0.1) is 11.3 Å². The maximum absolute atomic E-state index is 2.36. The standard InChI is InChI=1S/C58H39NS/c1-2-10-40(11-3-1)46-14-8-15-47(36-46)42-22-29-52(30-23-42)59(54-33-26-44(27-34-54)51-28-35-56-55-18-6-7-19-57(55)60-58(56)39-51)53-31-24-43(25-32-53)48-16-9-17-49(37-48)50-21-20-41-12-4-5-13-45(41)38-50/h1-39H. The first kappa shape index (κ1) is 35.6. The van der Waals surface area contributed by atoms with E-state index in [0.29, 0.717) is 0 Å². The van der Waals surface area contributed by atoms with Crippen molar-refractivity contribution in [3.05, 3.63) is 237 Å². The number of hydrogen-bond acceptors (Lipinski definition) is 2. The number of thiophene rings is 1. The van der Waals surface area contributed by atoms with Crippen molar-refractivity contribution in [3.63, 3.8) is 0 Å². The second kappa shape index (κ2) is 15.3. The molecule has 11 rings (SSSR count). The highest BCUT2D eigenvalue weighted by molar-refractivity contribution is 7.25. The van der Waals surface area contributed by atoms with Crippen LogP contribution in [0.25, 0.3) is 86.6 Å². The third-order valence-electron chi connectivity index (χ3n) is 11.7. The van der Waals surface area contributed by atoms with E-state index >= 15 is 0 Å². The Morgan fingerprint density at radius 2 is 0.633 bits per heavy atom. The molecule has 0 aliphatic rings. The molecule has 0 N–H and O–H groups in total. The van der Waals surface area contributed by atoms with E-state index in [-0.39, 0.29) is 0 Å². The zero-order chi connectivity index (χ0) is 39.8. The third-order valence-corrected chi connectivity index (χ3v) is 12.8. The quantitative estimate of drug-likeness (QED) is 0.148. The van der Waals surface area contributed by atoms with Gasteiger partial charge in [-0.3, -0.25) is 0 Å². The van der Waals surface area contributed by atoms with Crippen molar-refractivity contribution >= 4 is 59.3 Å². The van der Waals surface area contributed by atoms with Crippen molar-refractivity contribution in [1.82, 2.24) is 0 Å². The Labute approximate surface area is 354 Å². The van der Waals surface area contributed by atoms with Crippen LogP contribution in [-0.4, -0.2) is 0 Å². The van der Waals surface area contributed by atoms with Crippen LogP contribution in [0.5, 0.6) is 0 Å². The average Bonchev–Trinajstić information content (AvgIpc) is 3.71. The summed E-state index contributed by atoms with van der Waals surface area (Å²) in [6.07, 6.45) is 0. The van der Waals surface area contributed by atoms with E-state index in [1.807, 2.05) is 11.3 Å². The van der Waals surface area contributed by atoms with E-state index < -0.39 is 0 Å². The number of rotatable bonds is 8. The number of hydrogen-bond donors (Lipinski definition) is 0. The Bertz CT molecular complexity index is 3290. The average molecular weight is 782 g/mol. The lowest BCUT2D eigenvalue weighted by Gasteiger charge is -2.26. The van der Waals surface area contributed by atoms with Crippen LogP contribution in [0.3, 0.4) is 0 Å². The lowest BCUT2D eigenvalue weighted by atomic mass is 9.97. The lowest BCUT2D eigenvalue weighted by molar-refractivity contribution is 1.28. The van der Waals surface area contributed by atoms with Gasteiger partial charge in [-0.2, -0.15) is 0 Å². The molecule has 0 spiro atoms. The van der Waals surface area contributed by atoms with Gasteiger partial charge in [0.1, 0.15) is 0 Å². The van der Waals surface area contributed by atoms with Crippen LogP contribution < -0.4 is 4.90 Å². The van der Waals surface area contributed by atoms with Gasteiger partial charge in [-0.05, 0) is 133 Å². The van der Waals surface area contributed by atoms with Crippen molar-refractivity contribution in [2.75, 3.05) is 4.90 Å². The Kier molecular flexibility index (Phi) is 9.11. The van der Waals surface area contributed by atoms with Crippen molar-refractivity contribution in [3.8, 4) is 55.6 Å². The first-order chi connectivity index (χ1) is 29.7. The number of anilines is 3. The molecule has 60 heavy (non-hydrogen) atoms. The van der Waals surface area contributed by atoms with Crippen LogP contribution in [0.2, 0.25) is 0 Å². The van der Waals surface area contributed by atoms with Gasteiger partial charge in [0.15, 0.2) is 0 Å². The van der Waals surface area contributed by atoms with Crippen LogP contribution in [0.1, 0.15) is 0 Å². The van der Waals surface area contributed by atoms with E-state index in [4.69, 9.17) is 0 Å². The molecule has 0 unspecified atom stereocenters. The summed E-state index contributed by atoms with van der Waals surface area (Å²) in [7, 11) is 0. The highest BCUT2D eigenvalue weighted by Gasteiger charge is 2.15. The fraction of sp³-hybridized carbons (Fsp3) is 0. The van der Waals surface area contributed by atoms with E-state index in [1.165, 1.54) is 86.6 Å². The minimum Gasteiger partial charge on any atom is -0.311 e. The second-order valence-electron chi connectivity index (χ2n) is 15.4. The molecule has 2 heteroatoms. The van der Waals surface area contributed by atoms with Crippen LogP contribution >= 0.6 is 11.3 Å². The molecule has 1 nitrogen and oxygen atoms in total. The summed E-state index contributed by atoms with van der Waals surface area (Å²) >= 11 is 1.86. The maximum Gasteiger partial charge on any atom is 0.0462 e. The molecule has 0 radical (unpaired) electrons. The highest BCUT2D eigenvalue weighted by Crippen LogP contribution is 2.40. The zero-order valence-electron chi connectivity index (χ0n) is 32.9. The van der Waals surface area contributed by atoms with Gasteiger partial charge in [0, 0.05) is 37.2 Å². The predicted molar refractivity (Wildman–Crippen MR) is 259 cm³/mol. The van der Waals surface area contributed by atoms with Crippen LogP contribution in [0.15, 0.2) is 237 Å². The molecule has 0 aliphatic heterocycles. The maximum atomic E-state index is 2.36. The molecule has 0 atom stereocenters. The normalized spacial score (nSPS) is 11.3. The summed E-state index contributed by atoms with van der Waals surface area (Å²) in [5.41, 5.74) is 15.4. The lowest BCUT2D eigenvalue weighted by Crippen LogP contribution is -2.09. The van der Waals surface area contributed by atoms with E-state index in [2.05, 4.69) is 241 Å². The van der Waals surface area contributed by atoms with Gasteiger partial charge in [-0.1, -0.05) is 170 Å². The summed E-state index contributed by atoms with van der Waals surface area (Å²) < 4.78 is 2.64. The fourth-order valence-electron chi connectivity index (χ4n) is 8.52. The first-order valence-corrected chi connectivity index (χ1v) is 21.3. The number of benzene rings is 10. The van der Waals surface area contributed by atoms with Crippen molar-refractivity contribution in [2.24, 2.45) is 0 Å². The smallest absolute Gasteiger partial charge is 0.0462 e. The van der Waals surface area contributed by atoms with Crippen LogP contribution in [0.4, 0.5) is 17.1 Å². The molecular weight excluding hydrogens is 743 g/mol. The molecule has 1 heterocycles. The predicted octanol–water partition coefficient (Wildman–Crippen LogP) is 17.0. The highest BCUT2D eigenvalue weighted by atomic mass is 32.1. The summed E-state index contributed by atoms with van der Waals surface area (Å²) in [6.45, 7) is 0. The monoisotopic (exact) mass is 781 g/mol. The Morgan fingerprint density at radius 3 is 1.23 bits per heavy atom. The minimum absolute atomic E-state index is 1.10. The number of fused-ring (bicyclic) bond motifs is 4. The zero-order valence-corrected chi connectivity index (χ0v) is 33.7. The molecule has 0 bridgehead atoms. The van der Waals surface area contributed by atoms with Crippen LogP contribution in [0, 0.1) is 0 Å². The first-order valence-electron chi connectivity index (χ1n) is 20.5. The summed E-state index contributed by atoms with van der Waals surface area (Å²) in [5.74, 6) is 0. The molecular formula is C58H39NS. The van der Waals surface area contributed by atoms with E-state index in [0.717, 1.165) is 17.1 Å². The van der Waals surface area contributed by atoms with Gasteiger partial charge in [0.05, 0.1) is 0 Å². The molecule has 0 aliphatic carbocycles. The summed E-state index contributed by atoms with van der Waals surface area (Å²) in [5, 5.41) is 5.16. The molecule has 282 valence electrons. The summed E-state index contributed by atoms with van der Waals surface area (Å²) in [6, 6.07) is 86.1. The van der Waals surface area contributed by atoms with Gasteiger partial charge in [0.2, 0.25) is 0 Å². The Balaban J connectivity index is 0.938. The molecule has 0 fully saturated rings. The molecule has 0 saturated heterocycles.